The number of anilines is 1. The van der Waals surface area contributed by atoms with Crippen LogP contribution < -0.4 is 21.1 Å². The highest BCUT2D eigenvalue weighted by Crippen LogP contribution is 2.23. The molecule has 0 radical (unpaired) electrons. The lowest BCUT2D eigenvalue weighted by Crippen LogP contribution is -2.37. The quantitative estimate of drug-likeness (QED) is 0.292. The Labute approximate surface area is 215 Å². The molecule has 0 saturated heterocycles. The zero-order valence-corrected chi connectivity index (χ0v) is 20.2. The van der Waals surface area contributed by atoms with Gasteiger partial charge >= 0.3 is 6.09 Å². The largest absolute Gasteiger partial charge is 0.489 e. The van der Waals surface area contributed by atoms with Crippen LogP contribution in [0.5, 0.6) is 5.75 Å². The van der Waals surface area contributed by atoms with Crippen LogP contribution in [0.15, 0.2) is 103 Å². The number of rotatable bonds is 10. The molecule has 0 fully saturated rings. The second-order valence-electron chi connectivity index (χ2n) is 8.25. The molecule has 37 heavy (non-hydrogen) atoms. The summed E-state index contributed by atoms with van der Waals surface area (Å²) in [6, 6.07) is 26.3. The molecular weight excluding hydrogens is 468 g/mol. The first-order valence-corrected chi connectivity index (χ1v) is 11.8. The summed E-state index contributed by atoms with van der Waals surface area (Å²) in [5, 5.41) is 5.55. The van der Waals surface area contributed by atoms with Crippen LogP contribution in [0.4, 0.5) is 10.5 Å². The third kappa shape index (κ3) is 7.65. The number of amides is 2. The summed E-state index contributed by atoms with van der Waals surface area (Å²) in [6.07, 6.45) is 2.67. The zero-order valence-electron chi connectivity index (χ0n) is 20.2. The van der Waals surface area contributed by atoms with E-state index in [0.29, 0.717) is 30.2 Å². The fourth-order valence-corrected chi connectivity index (χ4v) is 3.60. The Morgan fingerprint density at radius 3 is 2.32 bits per heavy atom. The molecule has 8 heteroatoms. The van der Waals surface area contributed by atoms with Crippen LogP contribution in [-0.2, 0) is 29.3 Å². The van der Waals surface area contributed by atoms with Crippen LogP contribution in [0.3, 0.4) is 0 Å². The lowest BCUT2D eigenvalue weighted by atomic mass is 10.1. The van der Waals surface area contributed by atoms with Gasteiger partial charge in [-0.25, -0.2) is 4.79 Å². The Balaban J connectivity index is 1.51. The number of carbonyl (C=O) groups excluding carboxylic acids is 2. The molecule has 0 spiro atoms. The number of hydrogen-bond acceptors (Lipinski definition) is 6. The molecule has 0 aliphatic carbocycles. The average Bonchev–Trinajstić information content (AvgIpc) is 2.95. The van der Waals surface area contributed by atoms with Crippen LogP contribution in [-0.4, -0.2) is 17.0 Å². The predicted octanol–water partition coefficient (Wildman–Crippen LogP) is 4.73. The SMILES string of the molecule is NCc1cccc(NC(=O)[C@H](NC(=O)OCc2ccccc2)c2cccc(OCc3ccncc3)c2)c1. The molecule has 0 bridgehead atoms. The average molecular weight is 497 g/mol. The van der Waals surface area contributed by atoms with Gasteiger partial charge in [0.2, 0.25) is 0 Å². The summed E-state index contributed by atoms with van der Waals surface area (Å²) in [6.45, 7) is 0.754. The molecule has 3 aromatic carbocycles. The van der Waals surface area contributed by atoms with E-state index >= 15 is 0 Å². The number of nitrogens with zero attached hydrogens (tertiary/aromatic N) is 1. The maximum Gasteiger partial charge on any atom is 0.408 e. The van der Waals surface area contributed by atoms with Gasteiger partial charge in [-0.15, -0.1) is 0 Å². The minimum atomic E-state index is -1.03. The van der Waals surface area contributed by atoms with E-state index in [9.17, 15) is 9.59 Å². The summed E-state index contributed by atoms with van der Waals surface area (Å²) in [4.78, 5) is 30.0. The minimum Gasteiger partial charge on any atom is -0.489 e. The molecule has 4 rings (SSSR count). The molecule has 1 atom stereocenters. The highest BCUT2D eigenvalue weighted by atomic mass is 16.5. The molecule has 2 amide bonds. The van der Waals surface area contributed by atoms with E-state index in [1.165, 1.54) is 0 Å². The molecule has 4 aromatic rings. The number of nitrogens with two attached hydrogens (primary N) is 1. The van der Waals surface area contributed by atoms with Crippen molar-refractivity contribution >= 4 is 17.7 Å². The number of ether oxygens (including phenoxy) is 2. The molecule has 4 N–H and O–H groups in total. The van der Waals surface area contributed by atoms with E-state index < -0.39 is 18.0 Å². The maximum atomic E-state index is 13.4. The van der Waals surface area contributed by atoms with Gasteiger partial charge < -0.3 is 25.8 Å². The number of aromatic nitrogens is 1. The van der Waals surface area contributed by atoms with E-state index in [2.05, 4.69) is 15.6 Å². The van der Waals surface area contributed by atoms with Crippen molar-refractivity contribution in [2.75, 3.05) is 5.32 Å². The fourth-order valence-electron chi connectivity index (χ4n) is 3.60. The number of alkyl carbamates (subject to hydrolysis) is 1. The van der Waals surface area contributed by atoms with E-state index in [-0.39, 0.29) is 6.61 Å². The van der Waals surface area contributed by atoms with Crippen molar-refractivity contribution in [3.8, 4) is 5.75 Å². The van der Waals surface area contributed by atoms with Crippen molar-refractivity contribution in [1.29, 1.82) is 0 Å². The van der Waals surface area contributed by atoms with Crippen LogP contribution in [0, 0.1) is 0 Å². The Morgan fingerprint density at radius 1 is 0.811 bits per heavy atom. The van der Waals surface area contributed by atoms with Crippen molar-refractivity contribution in [2.24, 2.45) is 5.73 Å². The highest BCUT2D eigenvalue weighted by molar-refractivity contribution is 5.97. The van der Waals surface area contributed by atoms with Gasteiger partial charge in [-0.1, -0.05) is 54.6 Å². The molecular formula is C29H28N4O4. The van der Waals surface area contributed by atoms with Gasteiger partial charge in [-0.2, -0.15) is 0 Å². The lowest BCUT2D eigenvalue weighted by molar-refractivity contribution is -0.118. The molecule has 8 nitrogen and oxygen atoms in total. The third-order valence-corrected chi connectivity index (χ3v) is 5.51. The van der Waals surface area contributed by atoms with Gasteiger partial charge in [0.15, 0.2) is 0 Å². The van der Waals surface area contributed by atoms with Gasteiger partial charge in [0.25, 0.3) is 5.91 Å². The Kier molecular flexibility index (Phi) is 8.82. The number of hydrogen-bond donors (Lipinski definition) is 3. The Morgan fingerprint density at radius 2 is 1.54 bits per heavy atom. The highest BCUT2D eigenvalue weighted by Gasteiger charge is 2.24. The second-order valence-corrected chi connectivity index (χ2v) is 8.25. The monoisotopic (exact) mass is 496 g/mol. The summed E-state index contributed by atoms with van der Waals surface area (Å²) < 4.78 is 11.3. The number of pyridine rings is 1. The first-order valence-electron chi connectivity index (χ1n) is 11.8. The van der Waals surface area contributed by atoms with Crippen LogP contribution in [0.2, 0.25) is 0 Å². The fraction of sp³-hybridized carbons (Fsp3) is 0.138. The zero-order chi connectivity index (χ0) is 25.9. The summed E-state index contributed by atoms with van der Waals surface area (Å²) >= 11 is 0. The van der Waals surface area contributed by atoms with Crippen molar-refractivity contribution in [3.05, 3.63) is 126 Å². The Hall–Kier alpha value is -4.69. The molecule has 0 unspecified atom stereocenters. The summed E-state index contributed by atoms with van der Waals surface area (Å²) in [5.41, 5.74) is 9.51. The lowest BCUT2D eigenvalue weighted by Gasteiger charge is -2.20. The van der Waals surface area contributed by atoms with E-state index in [1.807, 2.05) is 54.6 Å². The van der Waals surface area contributed by atoms with Crippen LogP contribution in [0.1, 0.15) is 28.3 Å². The predicted molar refractivity (Wildman–Crippen MR) is 140 cm³/mol. The van der Waals surface area contributed by atoms with Gasteiger partial charge in [0, 0.05) is 24.6 Å². The molecule has 188 valence electrons. The Bertz CT molecular complexity index is 1320. The molecule has 0 saturated carbocycles. The number of carbonyl (C=O) groups is 2. The number of nitrogens with one attached hydrogen (secondary N) is 2. The number of benzene rings is 3. The molecule has 0 aliphatic heterocycles. The second kappa shape index (κ2) is 12.9. The van der Waals surface area contributed by atoms with Gasteiger partial charge in [-0.05, 0) is 58.7 Å². The van der Waals surface area contributed by atoms with E-state index in [4.69, 9.17) is 15.2 Å². The molecule has 1 aromatic heterocycles. The van der Waals surface area contributed by atoms with Gasteiger partial charge in [0.1, 0.15) is 25.0 Å². The van der Waals surface area contributed by atoms with Crippen molar-refractivity contribution in [1.82, 2.24) is 10.3 Å². The molecule has 1 heterocycles. The first-order chi connectivity index (χ1) is 18.1. The van der Waals surface area contributed by atoms with Crippen molar-refractivity contribution in [3.63, 3.8) is 0 Å². The van der Waals surface area contributed by atoms with Crippen LogP contribution in [0.25, 0.3) is 0 Å². The van der Waals surface area contributed by atoms with Crippen LogP contribution >= 0.6 is 0 Å². The molecule has 0 aliphatic rings. The van der Waals surface area contributed by atoms with Gasteiger partial charge in [0.05, 0.1) is 0 Å². The smallest absolute Gasteiger partial charge is 0.408 e. The van der Waals surface area contributed by atoms with E-state index in [1.54, 1.807) is 48.8 Å². The topological polar surface area (TPSA) is 116 Å². The first kappa shape index (κ1) is 25.4. The van der Waals surface area contributed by atoms with Crippen molar-refractivity contribution < 1.29 is 19.1 Å². The normalized spacial score (nSPS) is 11.3. The minimum absolute atomic E-state index is 0.0780. The van der Waals surface area contributed by atoms with E-state index in [0.717, 1.165) is 16.7 Å². The maximum absolute atomic E-state index is 13.4. The van der Waals surface area contributed by atoms with Gasteiger partial charge in [-0.3, -0.25) is 9.78 Å². The third-order valence-electron chi connectivity index (χ3n) is 5.51. The standard InChI is InChI=1S/C29H28N4O4/c30-18-23-8-4-10-25(16-23)32-28(34)27(33-29(35)37-20-21-6-2-1-3-7-21)24-9-5-11-26(17-24)36-19-22-12-14-31-15-13-22/h1-17,27H,18-20,30H2,(H,32,34)(H,33,35)/t27-/m1/s1. The van der Waals surface area contributed by atoms with Crippen molar-refractivity contribution in [2.45, 2.75) is 25.8 Å². The summed E-state index contributed by atoms with van der Waals surface area (Å²) in [7, 11) is 0. The summed E-state index contributed by atoms with van der Waals surface area (Å²) in [5.74, 6) is 0.119.